The van der Waals surface area contributed by atoms with Gasteiger partial charge in [-0.2, -0.15) is 5.26 Å². The van der Waals surface area contributed by atoms with Gasteiger partial charge < -0.3 is 18.9 Å². The van der Waals surface area contributed by atoms with Crippen molar-refractivity contribution in [2.45, 2.75) is 83.6 Å². The molecule has 4 aromatic rings. The van der Waals surface area contributed by atoms with Crippen molar-refractivity contribution in [3.05, 3.63) is 128 Å². The molecule has 3 aromatic carbocycles. The van der Waals surface area contributed by atoms with E-state index >= 15 is 0 Å². The Hall–Kier alpha value is -4.54. The monoisotopic (exact) mass is 760 g/mol. The number of ether oxygens (including phenoxy) is 4. The molecule has 2 heterocycles. The summed E-state index contributed by atoms with van der Waals surface area (Å²) in [6.07, 6.45) is -0.961. The summed E-state index contributed by atoms with van der Waals surface area (Å²) in [6, 6.07) is 26.5. The quantitative estimate of drug-likeness (QED) is 0.0695. The van der Waals surface area contributed by atoms with Crippen LogP contribution in [0.3, 0.4) is 0 Å². The number of aromatic amines is 1. The number of aryl methyl sites for hydroxylation is 1. The second kappa shape index (κ2) is 17.7. The van der Waals surface area contributed by atoms with Crippen molar-refractivity contribution in [2.75, 3.05) is 27.4 Å². The normalized spacial score (nSPS) is 18.5. The molecule has 0 amide bonds. The summed E-state index contributed by atoms with van der Waals surface area (Å²) in [7, 11) is -0.806. The maximum atomic E-state index is 14.6. The standard InChI is InChI=1S/C40H49N4O9P/c1-27(2)44(28(3)4)54(47,50-23-11-22-41)51-26-36-35(24-37(52-36)43-25-29(5)38(45)42-39(43)46)53-40(30-12-9-8-10-13-30,31-14-18-33(48-6)19-15-31)32-16-20-34(49-7)21-17-32/h8-10,12-21,25,27-28,35-37H,11,23-24,26H2,1-7H3,(H,42,45,46)/t35-,36+,37+,54+/m0/s1. The Morgan fingerprint density at radius 3 is 1.98 bits per heavy atom. The van der Waals surface area contributed by atoms with Gasteiger partial charge in [-0.1, -0.05) is 54.6 Å². The third-order valence-electron chi connectivity index (χ3n) is 9.35. The zero-order valence-electron chi connectivity index (χ0n) is 31.8. The first-order chi connectivity index (χ1) is 25.9. The third-order valence-corrected chi connectivity index (χ3v) is 11.8. The van der Waals surface area contributed by atoms with E-state index in [-0.39, 0.29) is 38.1 Å². The second-order valence-electron chi connectivity index (χ2n) is 13.6. The number of hydrogen-bond acceptors (Lipinski definition) is 10. The maximum Gasteiger partial charge on any atom is 0.408 e. The molecule has 1 N–H and O–H groups in total. The first-order valence-electron chi connectivity index (χ1n) is 17.9. The van der Waals surface area contributed by atoms with Crippen LogP contribution in [0.5, 0.6) is 11.5 Å². The molecule has 0 radical (unpaired) electrons. The molecule has 4 atom stereocenters. The molecule has 1 saturated heterocycles. The molecule has 0 unspecified atom stereocenters. The number of aromatic nitrogens is 2. The van der Waals surface area contributed by atoms with Crippen LogP contribution < -0.4 is 20.7 Å². The van der Waals surface area contributed by atoms with Gasteiger partial charge in [0.25, 0.3) is 5.56 Å². The third kappa shape index (κ3) is 8.71. The molecule has 0 spiro atoms. The molecular formula is C40H49N4O9P. The molecule has 1 aliphatic rings. The van der Waals surface area contributed by atoms with Crippen LogP contribution in [-0.2, 0) is 28.7 Å². The van der Waals surface area contributed by atoms with E-state index in [9.17, 15) is 19.4 Å². The van der Waals surface area contributed by atoms with Crippen LogP contribution in [-0.4, -0.2) is 65.9 Å². The van der Waals surface area contributed by atoms with Gasteiger partial charge in [-0.05, 0) is 75.6 Å². The van der Waals surface area contributed by atoms with Gasteiger partial charge in [-0.3, -0.25) is 23.4 Å². The Labute approximate surface area is 315 Å². The molecule has 5 rings (SSSR count). The number of nitrogens with zero attached hydrogens (tertiary/aromatic N) is 3. The highest BCUT2D eigenvalue weighted by molar-refractivity contribution is 7.51. The average Bonchev–Trinajstić information content (AvgIpc) is 3.56. The first-order valence-corrected chi connectivity index (χ1v) is 19.4. The molecule has 0 aliphatic carbocycles. The molecule has 54 heavy (non-hydrogen) atoms. The Balaban J connectivity index is 1.66. The van der Waals surface area contributed by atoms with E-state index in [1.807, 2.05) is 113 Å². The molecule has 0 bridgehead atoms. The molecule has 0 saturated carbocycles. The predicted molar refractivity (Wildman–Crippen MR) is 204 cm³/mol. The zero-order valence-corrected chi connectivity index (χ0v) is 32.7. The van der Waals surface area contributed by atoms with E-state index in [4.69, 9.17) is 28.0 Å². The van der Waals surface area contributed by atoms with Crippen LogP contribution in [0.15, 0.2) is 94.6 Å². The van der Waals surface area contributed by atoms with Gasteiger partial charge >= 0.3 is 13.4 Å². The minimum Gasteiger partial charge on any atom is -0.497 e. The highest BCUT2D eigenvalue weighted by Gasteiger charge is 2.48. The molecule has 1 aliphatic heterocycles. The Morgan fingerprint density at radius 1 is 0.907 bits per heavy atom. The lowest BCUT2D eigenvalue weighted by Gasteiger charge is -2.40. The number of hydrogen-bond donors (Lipinski definition) is 1. The SMILES string of the molecule is COc1ccc(C(O[C@H]2C[C@H](n3cc(C)c(=O)[nH]c3=O)O[C@@H]2CO[P@](=O)(OCCC#N)N(C(C)C)C(C)C)(c2ccccc2)c2ccc(OC)cc2)cc1. The first kappa shape index (κ1) is 40.6. The molecule has 13 nitrogen and oxygen atoms in total. The highest BCUT2D eigenvalue weighted by Crippen LogP contribution is 2.55. The van der Waals surface area contributed by atoms with Crippen LogP contribution in [0.1, 0.15) is 69.0 Å². The lowest BCUT2D eigenvalue weighted by Crippen LogP contribution is -2.41. The van der Waals surface area contributed by atoms with Crippen LogP contribution in [0.25, 0.3) is 0 Å². The number of methoxy groups -OCH3 is 2. The maximum absolute atomic E-state index is 14.6. The number of H-pyrrole nitrogens is 1. The highest BCUT2D eigenvalue weighted by atomic mass is 31.2. The van der Waals surface area contributed by atoms with Gasteiger partial charge in [-0.15, -0.1) is 0 Å². The van der Waals surface area contributed by atoms with Crippen LogP contribution in [0.2, 0.25) is 0 Å². The number of nitriles is 1. The number of rotatable bonds is 17. The van der Waals surface area contributed by atoms with Crippen molar-refractivity contribution >= 4 is 7.75 Å². The lowest BCUT2D eigenvalue weighted by molar-refractivity contribution is -0.0987. The second-order valence-corrected chi connectivity index (χ2v) is 15.5. The Morgan fingerprint density at radius 2 is 1.46 bits per heavy atom. The summed E-state index contributed by atoms with van der Waals surface area (Å²) in [6.45, 7) is 8.81. The van der Waals surface area contributed by atoms with E-state index in [1.54, 1.807) is 25.8 Å². The largest absolute Gasteiger partial charge is 0.497 e. The number of benzene rings is 3. The zero-order chi connectivity index (χ0) is 39.0. The van der Waals surface area contributed by atoms with Crippen molar-refractivity contribution < 1.29 is 32.6 Å². The molecule has 288 valence electrons. The number of nitrogens with one attached hydrogen (secondary N) is 1. The van der Waals surface area contributed by atoms with Gasteiger partial charge in [0.1, 0.15) is 29.4 Å². The lowest BCUT2D eigenvalue weighted by atomic mass is 9.79. The van der Waals surface area contributed by atoms with E-state index in [0.29, 0.717) is 17.1 Å². The summed E-state index contributed by atoms with van der Waals surface area (Å²) in [5.41, 5.74) is 0.269. The van der Waals surface area contributed by atoms with Crippen molar-refractivity contribution in [3.8, 4) is 17.6 Å². The fourth-order valence-corrected chi connectivity index (χ4v) is 9.04. The minimum atomic E-state index is -4.01. The Bertz CT molecular complexity index is 1990. The molecule has 1 fully saturated rings. The fraction of sp³-hybridized carbons (Fsp3) is 0.425. The van der Waals surface area contributed by atoms with E-state index in [0.717, 1.165) is 16.7 Å². The van der Waals surface area contributed by atoms with Crippen LogP contribution in [0, 0.1) is 18.3 Å². The molecule has 1 aromatic heterocycles. The predicted octanol–water partition coefficient (Wildman–Crippen LogP) is 6.70. The van der Waals surface area contributed by atoms with Crippen molar-refractivity contribution in [1.82, 2.24) is 14.2 Å². The van der Waals surface area contributed by atoms with Crippen molar-refractivity contribution in [1.29, 1.82) is 5.26 Å². The minimum absolute atomic E-state index is 0.0168. The summed E-state index contributed by atoms with van der Waals surface area (Å²) in [5, 5.41) is 9.23. The van der Waals surface area contributed by atoms with Crippen molar-refractivity contribution in [3.63, 3.8) is 0 Å². The van der Waals surface area contributed by atoms with E-state index in [2.05, 4.69) is 4.98 Å². The summed E-state index contributed by atoms with van der Waals surface area (Å²) < 4.78 is 54.8. The smallest absolute Gasteiger partial charge is 0.408 e. The van der Waals surface area contributed by atoms with Crippen LogP contribution in [0.4, 0.5) is 0 Å². The van der Waals surface area contributed by atoms with Gasteiger partial charge in [0.2, 0.25) is 0 Å². The van der Waals surface area contributed by atoms with Crippen LogP contribution >= 0.6 is 7.75 Å². The van der Waals surface area contributed by atoms with Gasteiger partial charge in [0, 0.05) is 30.3 Å². The van der Waals surface area contributed by atoms with Gasteiger partial charge in [-0.25, -0.2) is 14.0 Å². The summed E-state index contributed by atoms with van der Waals surface area (Å²) in [4.78, 5) is 27.9. The Kier molecular flexibility index (Phi) is 13.3. The van der Waals surface area contributed by atoms with E-state index in [1.165, 1.54) is 10.8 Å². The average molecular weight is 761 g/mol. The fourth-order valence-electron chi connectivity index (χ4n) is 6.91. The van der Waals surface area contributed by atoms with Crippen molar-refractivity contribution in [2.24, 2.45) is 0 Å². The van der Waals surface area contributed by atoms with E-state index < -0.39 is 43.0 Å². The van der Waals surface area contributed by atoms with Gasteiger partial charge in [0.05, 0.1) is 46.0 Å². The molecule has 14 heteroatoms. The molecular weight excluding hydrogens is 711 g/mol. The summed E-state index contributed by atoms with van der Waals surface area (Å²) >= 11 is 0. The van der Waals surface area contributed by atoms with Gasteiger partial charge in [0.15, 0.2) is 0 Å². The topological polar surface area (TPSA) is 154 Å². The summed E-state index contributed by atoms with van der Waals surface area (Å²) in [5.74, 6) is 1.32.